The van der Waals surface area contributed by atoms with Crippen LogP contribution in [0.1, 0.15) is 12.8 Å². The molecule has 1 aliphatic heterocycles. The zero-order valence-corrected chi connectivity index (χ0v) is 6.55. The molecule has 0 aromatic carbocycles. The van der Waals surface area contributed by atoms with E-state index in [1.165, 1.54) is 0 Å². The Balaban J connectivity index is 2.25. The van der Waals surface area contributed by atoms with Gasteiger partial charge in [-0.05, 0) is 13.0 Å². The van der Waals surface area contributed by atoms with Crippen molar-refractivity contribution in [2.24, 2.45) is 17.1 Å². The normalized spacial score (nSPS) is 43.0. The number of ketones is 1. The molecular formula is C8H13N2O. The molecular weight excluding hydrogens is 140 g/mol. The molecule has 61 valence electrons. The van der Waals surface area contributed by atoms with Gasteiger partial charge in [-0.25, -0.2) is 5.32 Å². The Morgan fingerprint density at radius 1 is 1.73 bits per heavy atom. The molecule has 2 unspecified atom stereocenters. The van der Waals surface area contributed by atoms with Gasteiger partial charge in [0.2, 0.25) is 0 Å². The van der Waals surface area contributed by atoms with Crippen LogP contribution in [0.5, 0.6) is 0 Å². The number of carbonyl (C=O) groups excluding carboxylic acids is 1. The fourth-order valence-corrected chi connectivity index (χ4v) is 2.27. The molecule has 1 radical (unpaired) electrons. The molecule has 0 aromatic heterocycles. The third-order valence-electron chi connectivity index (χ3n) is 3.14. The summed E-state index contributed by atoms with van der Waals surface area (Å²) in [5.74, 6) is 0.559. The predicted molar refractivity (Wildman–Crippen MR) is 41.1 cm³/mol. The van der Waals surface area contributed by atoms with E-state index < -0.39 is 0 Å². The second kappa shape index (κ2) is 2.29. The standard InChI is InChI=1S/C8H13N2O/c9-4-8-2-1-7(11)6(8)3-10-5-8/h6H,1-5,9H2. The summed E-state index contributed by atoms with van der Waals surface area (Å²) >= 11 is 0. The lowest BCUT2D eigenvalue weighted by molar-refractivity contribution is -0.121. The van der Waals surface area contributed by atoms with Gasteiger partial charge in [-0.15, -0.1) is 0 Å². The molecule has 1 saturated heterocycles. The highest BCUT2D eigenvalue weighted by molar-refractivity contribution is 5.85. The Morgan fingerprint density at radius 2 is 2.55 bits per heavy atom. The second-order valence-corrected chi connectivity index (χ2v) is 3.65. The number of rotatable bonds is 1. The predicted octanol–water partition coefficient (Wildman–Crippen LogP) is -0.471. The summed E-state index contributed by atoms with van der Waals surface area (Å²) in [4.78, 5) is 11.3. The van der Waals surface area contributed by atoms with Gasteiger partial charge >= 0.3 is 0 Å². The van der Waals surface area contributed by atoms with Gasteiger partial charge in [0, 0.05) is 30.8 Å². The minimum absolute atomic E-state index is 0.0804. The average Bonchev–Trinajstić information content (AvgIpc) is 2.53. The molecule has 1 heterocycles. The summed E-state index contributed by atoms with van der Waals surface area (Å²) in [5.41, 5.74) is 5.74. The van der Waals surface area contributed by atoms with Crippen molar-refractivity contribution in [3.8, 4) is 0 Å². The summed E-state index contributed by atoms with van der Waals surface area (Å²) in [6.07, 6.45) is 1.70. The van der Waals surface area contributed by atoms with Crippen molar-refractivity contribution in [1.82, 2.24) is 5.32 Å². The summed E-state index contributed by atoms with van der Waals surface area (Å²) in [6.45, 7) is 2.18. The van der Waals surface area contributed by atoms with Gasteiger partial charge in [0.15, 0.2) is 0 Å². The lowest BCUT2D eigenvalue weighted by atomic mass is 9.81. The Bertz CT molecular complexity index is 193. The molecule has 0 amide bonds. The molecule has 2 aliphatic rings. The maximum absolute atomic E-state index is 11.3. The first-order chi connectivity index (χ1) is 5.28. The van der Waals surface area contributed by atoms with Gasteiger partial charge in [0.1, 0.15) is 5.78 Å². The van der Waals surface area contributed by atoms with Crippen LogP contribution in [0.2, 0.25) is 0 Å². The molecule has 2 N–H and O–H groups in total. The van der Waals surface area contributed by atoms with E-state index in [0.717, 1.165) is 25.9 Å². The number of Topliss-reactive ketones (excluding diaryl/α,β-unsaturated/α-hetero) is 1. The van der Waals surface area contributed by atoms with E-state index in [1.807, 2.05) is 0 Å². The molecule has 2 rings (SSSR count). The maximum atomic E-state index is 11.3. The Hall–Kier alpha value is -0.410. The van der Waals surface area contributed by atoms with Gasteiger partial charge in [-0.3, -0.25) is 4.79 Å². The van der Waals surface area contributed by atoms with E-state index in [2.05, 4.69) is 5.32 Å². The third kappa shape index (κ3) is 0.844. The summed E-state index contributed by atoms with van der Waals surface area (Å²) < 4.78 is 0. The fourth-order valence-electron chi connectivity index (χ4n) is 2.27. The molecule has 2 fully saturated rings. The monoisotopic (exact) mass is 153 g/mol. The number of hydrogen-bond acceptors (Lipinski definition) is 2. The molecule has 3 heteroatoms. The van der Waals surface area contributed by atoms with E-state index >= 15 is 0 Å². The minimum atomic E-state index is 0.0804. The Kier molecular flexibility index (Phi) is 1.51. The SMILES string of the molecule is NCC12CCC(=O)C1C[N]C2. The van der Waals surface area contributed by atoms with Crippen molar-refractivity contribution in [3.63, 3.8) is 0 Å². The zero-order valence-electron chi connectivity index (χ0n) is 6.55. The number of hydrogen-bond donors (Lipinski definition) is 1. The van der Waals surface area contributed by atoms with Crippen LogP contribution in [-0.4, -0.2) is 25.4 Å². The summed E-state index contributed by atoms with van der Waals surface area (Å²) in [5, 5.41) is 4.26. The molecule has 0 spiro atoms. The second-order valence-electron chi connectivity index (χ2n) is 3.65. The van der Waals surface area contributed by atoms with Crippen molar-refractivity contribution < 1.29 is 4.79 Å². The third-order valence-corrected chi connectivity index (χ3v) is 3.14. The van der Waals surface area contributed by atoms with E-state index in [1.54, 1.807) is 0 Å². The van der Waals surface area contributed by atoms with Crippen LogP contribution in [0.25, 0.3) is 0 Å². The number of fused-ring (bicyclic) bond motifs is 1. The maximum Gasteiger partial charge on any atom is 0.137 e. The van der Waals surface area contributed by atoms with Crippen molar-refractivity contribution in [2.45, 2.75) is 12.8 Å². The highest BCUT2D eigenvalue weighted by atomic mass is 16.1. The number of nitrogens with two attached hydrogens (primary N) is 1. The van der Waals surface area contributed by atoms with Crippen LogP contribution in [0, 0.1) is 11.3 Å². The van der Waals surface area contributed by atoms with E-state index in [-0.39, 0.29) is 11.3 Å². The first-order valence-corrected chi connectivity index (χ1v) is 4.14. The molecule has 0 aromatic rings. The summed E-state index contributed by atoms with van der Waals surface area (Å²) in [6, 6.07) is 0. The van der Waals surface area contributed by atoms with Crippen LogP contribution in [0.3, 0.4) is 0 Å². The molecule has 1 aliphatic carbocycles. The fraction of sp³-hybridized carbons (Fsp3) is 0.875. The van der Waals surface area contributed by atoms with Crippen molar-refractivity contribution in [2.75, 3.05) is 19.6 Å². The largest absolute Gasteiger partial charge is 0.330 e. The van der Waals surface area contributed by atoms with Gasteiger partial charge in [0.25, 0.3) is 0 Å². The highest BCUT2D eigenvalue weighted by Crippen LogP contribution is 2.43. The van der Waals surface area contributed by atoms with Gasteiger partial charge in [0.05, 0.1) is 0 Å². The van der Waals surface area contributed by atoms with Gasteiger partial charge < -0.3 is 5.73 Å². The van der Waals surface area contributed by atoms with E-state index in [0.29, 0.717) is 12.3 Å². The quantitative estimate of drug-likeness (QED) is 0.553. The topological polar surface area (TPSA) is 57.2 Å². The molecule has 0 bridgehead atoms. The zero-order chi connectivity index (χ0) is 7.90. The number of nitrogens with zero attached hydrogens (tertiary/aromatic N) is 1. The first-order valence-electron chi connectivity index (χ1n) is 4.14. The molecule has 1 saturated carbocycles. The average molecular weight is 153 g/mol. The smallest absolute Gasteiger partial charge is 0.137 e. The first kappa shape index (κ1) is 7.25. The molecule has 2 atom stereocenters. The van der Waals surface area contributed by atoms with Crippen LogP contribution in [0.15, 0.2) is 0 Å². The van der Waals surface area contributed by atoms with Crippen LogP contribution < -0.4 is 11.1 Å². The van der Waals surface area contributed by atoms with Crippen LogP contribution in [-0.2, 0) is 4.79 Å². The minimum Gasteiger partial charge on any atom is -0.330 e. The van der Waals surface area contributed by atoms with E-state index in [4.69, 9.17) is 5.73 Å². The van der Waals surface area contributed by atoms with Crippen LogP contribution in [0.4, 0.5) is 0 Å². The van der Waals surface area contributed by atoms with Crippen molar-refractivity contribution in [1.29, 1.82) is 0 Å². The highest BCUT2D eigenvalue weighted by Gasteiger charge is 2.50. The van der Waals surface area contributed by atoms with Crippen molar-refractivity contribution >= 4 is 5.78 Å². The summed E-state index contributed by atoms with van der Waals surface area (Å²) in [7, 11) is 0. The van der Waals surface area contributed by atoms with Gasteiger partial charge in [-0.1, -0.05) is 0 Å². The number of carbonyl (C=O) groups is 1. The van der Waals surface area contributed by atoms with E-state index in [9.17, 15) is 4.79 Å². The van der Waals surface area contributed by atoms with Crippen molar-refractivity contribution in [3.05, 3.63) is 0 Å². The Labute approximate surface area is 66.3 Å². The lowest BCUT2D eigenvalue weighted by Crippen LogP contribution is -2.35. The van der Waals surface area contributed by atoms with Crippen LogP contribution >= 0.6 is 0 Å². The Morgan fingerprint density at radius 3 is 3.18 bits per heavy atom. The van der Waals surface area contributed by atoms with Gasteiger partial charge in [-0.2, -0.15) is 0 Å². The molecule has 3 nitrogen and oxygen atoms in total. The molecule has 11 heavy (non-hydrogen) atoms. The lowest BCUT2D eigenvalue weighted by Gasteiger charge is -2.24.